The predicted octanol–water partition coefficient (Wildman–Crippen LogP) is 3.02. The maximum absolute atomic E-state index is 8.91. The molecule has 0 radical (unpaired) electrons. The predicted molar refractivity (Wildman–Crippen MR) is 88.1 cm³/mol. The van der Waals surface area contributed by atoms with Crippen LogP contribution in [-0.2, 0) is 13.0 Å². The quantitative estimate of drug-likeness (QED) is 0.734. The van der Waals surface area contributed by atoms with Gasteiger partial charge in [-0.3, -0.25) is 0 Å². The van der Waals surface area contributed by atoms with Crippen LogP contribution in [0.3, 0.4) is 0 Å². The summed E-state index contributed by atoms with van der Waals surface area (Å²) in [6.45, 7) is 0.914. The maximum Gasteiger partial charge on any atom is 0.0645 e. The topological polar surface area (TPSA) is 50.1 Å². The number of nitrogens with zero attached hydrogens (tertiary/aromatic N) is 2. The van der Waals surface area contributed by atoms with Gasteiger partial charge in [-0.2, -0.15) is 5.10 Å². The Hall–Kier alpha value is -2.59. The van der Waals surface area contributed by atoms with Gasteiger partial charge in [-0.05, 0) is 36.2 Å². The van der Waals surface area contributed by atoms with Gasteiger partial charge in [0.2, 0.25) is 0 Å². The first-order valence-corrected chi connectivity index (χ1v) is 7.38. The first kappa shape index (κ1) is 14.4. The summed E-state index contributed by atoms with van der Waals surface area (Å²) in [6, 6.07) is 18.2. The van der Waals surface area contributed by atoms with E-state index in [0.29, 0.717) is 6.42 Å². The number of rotatable bonds is 6. The van der Waals surface area contributed by atoms with Crippen molar-refractivity contribution in [1.82, 2.24) is 9.78 Å². The van der Waals surface area contributed by atoms with E-state index in [0.717, 1.165) is 29.0 Å². The minimum absolute atomic E-state index is 0.186. The number of para-hydroxylation sites is 1. The van der Waals surface area contributed by atoms with Crippen LogP contribution >= 0.6 is 0 Å². The number of aliphatic hydroxyl groups excluding tert-OH is 1. The molecule has 0 aliphatic heterocycles. The van der Waals surface area contributed by atoms with Crippen molar-refractivity contribution >= 4 is 5.69 Å². The standard InChI is InChI=1S/C18H19N3O/c22-11-10-15-6-8-17(9-7-15)19-12-16-13-20-21(14-16)18-4-2-1-3-5-18/h1-9,13-14,19,22H,10-12H2. The van der Waals surface area contributed by atoms with Crippen molar-refractivity contribution in [3.05, 3.63) is 78.1 Å². The summed E-state index contributed by atoms with van der Waals surface area (Å²) in [6.07, 6.45) is 4.60. The van der Waals surface area contributed by atoms with Crippen LogP contribution in [0.1, 0.15) is 11.1 Å². The second kappa shape index (κ2) is 6.91. The molecule has 0 amide bonds. The molecule has 1 aromatic heterocycles. The van der Waals surface area contributed by atoms with E-state index in [1.165, 1.54) is 0 Å². The minimum atomic E-state index is 0.186. The van der Waals surface area contributed by atoms with Crippen LogP contribution in [0.15, 0.2) is 67.0 Å². The molecule has 0 saturated heterocycles. The molecule has 0 saturated carbocycles. The van der Waals surface area contributed by atoms with Gasteiger partial charge in [0.15, 0.2) is 0 Å². The van der Waals surface area contributed by atoms with Crippen LogP contribution in [0, 0.1) is 0 Å². The van der Waals surface area contributed by atoms with Gasteiger partial charge in [0.05, 0.1) is 11.9 Å². The molecule has 4 nitrogen and oxygen atoms in total. The third-order valence-corrected chi connectivity index (χ3v) is 3.51. The Labute approximate surface area is 130 Å². The zero-order valence-corrected chi connectivity index (χ0v) is 12.3. The van der Waals surface area contributed by atoms with Gasteiger partial charge < -0.3 is 10.4 Å². The summed E-state index contributed by atoms with van der Waals surface area (Å²) in [5.41, 5.74) is 4.39. The lowest BCUT2D eigenvalue weighted by Crippen LogP contribution is -1.99. The highest BCUT2D eigenvalue weighted by molar-refractivity contribution is 5.45. The Bertz CT molecular complexity index is 705. The second-order valence-corrected chi connectivity index (χ2v) is 5.15. The molecule has 0 fully saturated rings. The Morgan fingerprint density at radius 2 is 1.73 bits per heavy atom. The summed E-state index contributed by atoms with van der Waals surface area (Å²) < 4.78 is 1.88. The second-order valence-electron chi connectivity index (χ2n) is 5.15. The van der Waals surface area contributed by atoms with Crippen LogP contribution in [0.2, 0.25) is 0 Å². The lowest BCUT2D eigenvalue weighted by atomic mass is 10.1. The fourth-order valence-electron chi connectivity index (χ4n) is 2.30. The van der Waals surface area contributed by atoms with Crippen LogP contribution in [0.4, 0.5) is 5.69 Å². The molecule has 0 spiro atoms. The molecule has 0 bridgehead atoms. The van der Waals surface area contributed by atoms with E-state index in [-0.39, 0.29) is 6.61 Å². The molecular formula is C18H19N3O. The average Bonchev–Trinajstić information content (AvgIpc) is 3.04. The van der Waals surface area contributed by atoms with Crippen molar-refractivity contribution in [1.29, 1.82) is 0 Å². The highest BCUT2D eigenvalue weighted by Crippen LogP contribution is 2.13. The first-order valence-electron chi connectivity index (χ1n) is 7.38. The lowest BCUT2D eigenvalue weighted by molar-refractivity contribution is 0.299. The summed E-state index contributed by atoms with van der Waals surface area (Å²) in [5.74, 6) is 0. The molecular weight excluding hydrogens is 274 g/mol. The lowest BCUT2D eigenvalue weighted by Gasteiger charge is -2.06. The van der Waals surface area contributed by atoms with Gasteiger partial charge in [0, 0.05) is 30.6 Å². The Kier molecular flexibility index (Phi) is 4.51. The average molecular weight is 293 g/mol. The van der Waals surface area contributed by atoms with Gasteiger partial charge >= 0.3 is 0 Å². The Balaban J connectivity index is 1.61. The Morgan fingerprint density at radius 3 is 2.45 bits per heavy atom. The summed E-state index contributed by atoms with van der Waals surface area (Å²) in [4.78, 5) is 0. The molecule has 0 aliphatic carbocycles. The number of aliphatic hydroxyl groups is 1. The van der Waals surface area contributed by atoms with Crippen LogP contribution in [0.25, 0.3) is 5.69 Å². The summed E-state index contributed by atoms with van der Waals surface area (Å²) in [7, 11) is 0. The number of hydrogen-bond acceptors (Lipinski definition) is 3. The SMILES string of the molecule is OCCc1ccc(NCc2cnn(-c3ccccc3)c2)cc1. The van der Waals surface area contributed by atoms with Crippen molar-refractivity contribution in [2.24, 2.45) is 0 Å². The van der Waals surface area contributed by atoms with E-state index in [1.807, 2.05) is 71.7 Å². The van der Waals surface area contributed by atoms with Crippen molar-refractivity contribution in [2.45, 2.75) is 13.0 Å². The number of aromatic nitrogens is 2. The molecule has 2 aromatic carbocycles. The first-order chi connectivity index (χ1) is 10.8. The highest BCUT2D eigenvalue weighted by atomic mass is 16.2. The van der Waals surface area contributed by atoms with E-state index in [2.05, 4.69) is 10.4 Å². The fourth-order valence-corrected chi connectivity index (χ4v) is 2.30. The Morgan fingerprint density at radius 1 is 0.955 bits per heavy atom. The molecule has 3 aromatic rings. The third-order valence-electron chi connectivity index (χ3n) is 3.51. The van der Waals surface area contributed by atoms with Gasteiger partial charge in [-0.15, -0.1) is 0 Å². The van der Waals surface area contributed by atoms with Crippen LogP contribution < -0.4 is 5.32 Å². The van der Waals surface area contributed by atoms with Gasteiger partial charge in [0.1, 0.15) is 0 Å². The van der Waals surface area contributed by atoms with E-state index in [9.17, 15) is 0 Å². The monoisotopic (exact) mass is 293 g/mol. The molecule has 4 heteroatoms. The number of benzene rings is 2. The molecule has 0 atom stereocenters. The largest absolute Gasteiger partial charge is 0.396 e. The smallest absolute Gasteiger partial charge is 0.0645 e. The molecule has 22 heavy (non-hydrogen) atoms. The molecule has 112 valence electrons. The van der Waals surface area contributed by atoms with Crippen molar-refractivity contribution in [3.8, 4) is 5.69 Å². The zero-order chi connectivity index (χ0) is 15.2. The van der Waals surface area contributed by atoms with E-state index in [4.69, 9.17) is 5.11 Å². The van der Waals surface area contributed by atoms with Gasteiger partial charge in [-0.25, -0.2) is 4.68 Å². The highest BCUT2D eigenvalue weighted by Gasteiger charge is 2.01. The van der Waals surface area contributed by atoms with E-state index in [1.54, 1.807) is 0 Å². The molecule has 2 N–H and O–H groups in total. The van der Waals surface area contributed by atoms with E-state index < -0.39 is 0 Å². The molecule has 1 heterocycles. The van der Waals surface area contributed by atoms with Crippen molar-refractivity contribution < 1.29 is 5.11 Å². The zero-order valence-electron chi connectivity index (χ0n) is 12.3. The molecule has 0 aliphatic rings. The third kappa shape index (κ3) is 3.54. The number of nitrogens with one attached hydrogen (secondary N) is 1. The maximum atomic E-state index is 8.91. The molecule has 3 rings (SSSR count). The van der Waals surface area contributed by atoms with Crippen LogP contribution in [0.5, 0.6) is 0 Å². The minimum Gasteiger partial charge on any atom is -0.396 e. The fraction of sp³-hybridized carbons (Fsp3) is 0.167. The summed E-state index contributed by atoms with van der Waals surface area (Å²) >= 11 is 0. The number of hydrogen-bond donors (Lipinski definition) is 2. The van der Waals surface area contributed by atoms with Gasteiger partial charge in [0.25, 0.3) is 0 Å². The van der Waals surface area contributed by atoms with Gasteiger partial charge in [-0.1, -0.05) is 30.3 Å². The summed E-state index contributed by atoms with van der Waals surface area (Å²) in [5, 5.41) is 16.7. The number of anilines is 1. The normalized spacial score (nSPS) is 10.6. The van der Waals surface area contributed by atoms with Crippen molar-refractivity contribution in [3.63, 3.8) is 0 Å². The molecule has 0 unspecified atom stereocenters. The van der Waals surface area contributed by atoms with Crippen molar-refractivity contribution in [2.75, 3.05) is 11.9 Å². The van der Waals surface area contributed by atoms with Crippen LogP contribution in [-0.4, -0.2) is 21.5 Å². The van der Waals surface area contributed by atoms with E-state index >= 15 is 0 Å².